The standard InChI is InChI=1S/C14H18Br2O/c1-17-13-8-7-11(15)9-12(13)14(16)10-5-3-2-4-6-10/h7-10,14H,2-6H2,1H3. The summed E-state index contributed by atoms with van der Waals surface area (Å²) in [5, 5.41) is 0. The van der Waals surface area contributed by atoms with Crippen molar-refractivity contribution in [2.45, 2.75) is 36.9 Å². The lowest BCUT2D eigenvalue weighted by Crippen LogP contribution is -2.12. The van der Waals surface area contributed by atoms with E-state index in [-0.39, 0.29) is 0 Å². The molecule has 0 spiro atoms. The molecule has 0 amide bonds. The molecule has 0 saturated heterocycles. The highest BCUT2D eigenvalue weighted by atomic mass is 79.9. The highest BCUT2D eigenvalue weighted by Gasteiger charge is 2.25. The van der Waals surface area contributed by atoms with Gasteiger partial charge in [-0.2, -0.15) is 0 Å². The van der Waals surface area contributed by atoms with Crippen LogP contribution in [0, 0.1) is 5.92 Å². The molecule has 1 fully saturated rings. The Morgan fingerprint density at radius 2 is 1.94 bits per heavy atom. The van der Waals surface area contributed by atoms with Crippen molar-refractivity contribution in [3.05, 3.63) is 28.2 Å². The molecule has 0 N–H and O–H groups in total. The van der Waals surface area contributed by atoms with Gasteiger partial charge in [0.2, 0.25) is 0 Å². The molecular weight excluding hydrogens is 344 g/mol. The van der Waals surface area contributed by atoms with Crippen LogP contribution in [-0.4, -0.2) is 7.11 Å². The fraction of sp³-hybridized carbons (Fsp3) is 0.571. The SMILES string of the molecule is COc1ccc(Br)cc1C(Br)C1CCCCC1. The second kappa shape index (κ2) is 6.24. The van der Waals surface area contributed by atoms with E-state index >= 15 is 0 Å². The molecule has 1 saturated carbocycles. The highest BCUT2D eigenvalue weighted by molar-refractivity contribution is 9.10. The molecule has 0 radical (unpaired) electrons. The second-order valence-corrected chi connectivity index (χ2v) is 6.59. The maximum Gasteiger partial charge on any atom is 0.123 e. The molecule has 17 heavy (non-hydrogen) atoms. The molecule has 1 aromatic carbocycles. The Morgan fingerprint density at radius 3 is 2.59 bits per heavy atom. The minimum Gasteiger partial charge on any atom is -0.496 e. The van der Waals surface area contributed by atoms with Crippen LogP contribution >= 0.6 is 31.9 Å². The monoisotopic (exact) mass is 360 g/mol. The Labute approximate surface area is 120 Å². The molecule has 3 heteroatoms. The molecule has 94 valence electrons. The Hall–Kier alpha value is -0.0200. The summed E-state index contributed by atoms with van der Waals surface area (Å²) in [5.41, 5.74) is 1.27. The van der Waals surface area contributed by atoms with Crippen molar-refractivity contribution in [3.63, 3.8) is 0 Å². The topological polar surface area (TPSA) is 9.23 Å². The summed E-state index contributed by atoms with van der Waals surface area (Å²) in [7, 11) is 1.74. The van der Waals surface area contributed by atoms with Gasteiger partial charge in [0.25, 0.3) is 0 Å². The van der Waals surface area contributed by atoms with E-state index in [0.29, 0.717) is 4.83 Å². The number of alkyl halides is 1. The number of ether oxygens (including phenoxy) is 1. The number of methoxy groups -OCH3 is 1. The lowest BCUT2D eigenvalue weighted by atomic mass is 9.84. The Morgan fingerprint density at radius 1 is 1.24 bits per heavy atom. The average molecular weight is 362 g/mol. The minimum atomic E-state index is 0.412. The zero-order valence-corrected chi connectivity index (χ0v) is 13.3. The van der Waals surface area contributed by atoms with Crippen molar-refractivity contribution in [1.29, 1.82) is 0 Å². The first-order chi connectivity index (χ1) is 8.22. The van der Waals surface area contributed by atoms with E-state index in [1.54, 1.807) is 7.11 Å². The molecule has 0 aromatic heterocycles. The number of rotatable bonds is 3. The van der Waals surface area contributed by atoms with Crippen LogP contribution in [0.25, 0.3) is 0 Å². The van der Waals surface area contributed by atoms with Crippen LogP contribution in [0.1, 0.15) is 42.5 Å². The second-order valence-electron chi connectivity index (χ2n) is 4.69. The summed E-state index contributed by atoms with van der Waals surface area (Å²) >= 11 is 7.41. The predicted octanol–water partition coefficient (Wildman–Crippen LogP) is 5.47. The van der Waals surface area contributed by atoms with Gasteiger partial charge in [0.05, 0.1) is 7.11 Å². The Balaban J connectivity index is 2.21. The van der Waals surface area contributed by atoms with E-state index in [1.807, 2.05) is 12.1 Å². The minimum absolute atomic E-state index is 0.412. The van der Waals surface area contributed by atoms with E-state index in [0.717, 1.165) is 16.1 Å². The van der Waals surface area contributed by atoms with Crippen LogP contribution in [0.4, 0.5) is 0 Å². The molecule has 1 unspecified atom stereocenters. The van der Waals surface area contributed by atoms with Crippen LogP contribution < -0.4 is 4.74 Å². The molecule has 2 rings (SSSR count). The highest BCUT2D eigenvalue weighted by Crippen LogP contribution is 2.43. The zero-order chi connectivity index (χ0) is 12.3. The van der Waals surface area contributed by atoms with Crippen molar-refractivity contribution in [3.8, 4) is 5.75 Å². The fourth-order valence-corrected chi connectivity index (χ4v) is 3.87. The summed E-state index contributed by atoms with van der Waals surface area (Å²) < 4.78 is 6.58. The third-order valence-electron chi connectivity index (χ3n) is 3.55. The summed E-state index contributed by atoms with van der Waals surface area (Å²) in [6.07, 6.45) is 6.77. The molecule has 1 atom stereocenters. The molecule has 1 nitrogen and oxygen atoms in total. The first-order valence-electron chi connectivity index (χ1n) is 6.20. The van der Waals surface area contributed by atoms with Crippen molar-refractivity contribution < 1.29 is 4.74 Å². The van der Waals surface area contributed by atoms with Gasteiger partial charge < -0.3 is 4.74 Å². The van der Waals surface area contributed by atoms with Gasteiger partial charge >= 0.3 is 0 Å². The van der Waals surface area contributed by atoms with Crippen LogP contribution in [0.2, 0.25) is 0 Å². The zero-order valence-electron chi connectivity index (χ0n) is 10.1. The lowest BCUT2D eigenvalue weighted by Gasteiger charge is -2.27. The molecular formula is C14H18Br2O. The average Bonchev–Trinajstić information content (AvgIpc) is 2.39. The van der Waals surface area contributed by atoms with Gasteiger partial charge in [-0.15, -0.1) is 0 Å². The van der Waals surface area contributed by atoms with E-state index in [4.69, 9.17) is 4.74 Å². The third kappa shape index (κ3) is 3.25. The van der Waals surface area contributed by atoms with Crippen LogP contribution in [0.5, 0.6) is 5.75 Å². The Kier molecular flexibility index (Phi) is 4.92. The first kappa shape index (κ1) is 13.4. The lowest BCUT2D eigenvalue weighted by molar-refractivity contribution is 0.346. The predicted molar refractivity (Wildman–Crippen MR) is 78.9 cm³/mol. The number of halogens is 2. The molecule has 0 aliphatic heterocycles. The van der Waals surface area contributed by atoms with Crippen molar-refractivity contribution in [1.82, 2.24) is 0 Å². The maximum absolute atomic E-state index is 5.46. The summed E-state index contributed by atoms with van der Waals surface area (Å²) in [6.45, 7) is 0. The van der Waals surface area contributed by atoms with E-state index in [2.05, 4.69) is 37.9 Å². The maximum atomic E-state index is 5.46. The molecule has 1 aliphatic rings. The Bertz CT molecular complexity index is 372. The van der Waals surface area contributed by atoms with Gasteiger partial charge in [-0.25, -0.2) is 0 Å². The van der Waals surface area contributed by atoms with Gasteiger partial charge in [-0.05, 0) is 37.0 Å². The van der Waals surface area contributed by atoms with Gasteiger partial charge in [0, 0.05) is 14.9 Å². The van der Waals surface area contributed by atoms with Gasteiger partial charge in [-0.1, -0.05) is 51.1 Å². The van der Waals surface area contributed by atoms with Gasteiger partial charge in [-0.3, -0.25) is 0 Å². The van der Waals surface area contributed by atoms with Crippen LogP contribution in [0.15, 0.2) is 22.7 Å². The smallest absolute Gasteiger partial charge is 0.123 e. The molecule has 0 bridgehead atoms. The van der Waals surface area contributed by atoms with E-state index < -0.39 is 0 Å². The summed E-state index contributed by atoms with van der Waals surface area (Å²) in [4.78, 5) is 0.412. The van der Waals surface area contributed by atoms with E-state index in [1.165, 1.54) is 37.7 Å². The normalized spacial score (nSPS) is 19.0. The summed E-state index contributed by atoms with van der Waals surface area (Å²) in [5.74, 6) is 1.73. The van der Waals surface area contributed by atoms with Crippen LogP contribution in [-0.2, 0) is 0 Å². The fourth-order valence-electron chi connectivity index (χ4n) is 2.60. The molecule has 0 heterocycles. The van der Waals surface area contributed by atoms with Crippen molar-refractivity contribution >= 4 is 31.9 Å². The van der Waals surface area contributed by atoms with Crippen LogP contribution in [0.3, 0.4) is 0 Å². The number of benzene rings is 1. The number of hydrogen-bond acceptors (Lipinski definition) is 1. The van der Waals surface area contributed by atoms with Crippen molar-refractivity contribution in [2.24, 2.45) is 5.92 Å². The van der Waals surface area contributed by atoms with E-state index in [9.17, 15) is 0 Å². The van der Waals surface area contributed by atoms with Gasteiger partial charge in [0.1, 0.15) is 5.75 Å². The van der Waals surface area contributed by atoms with Gasteiger partial charge in [0.15, 0.2) is 0 Å². The number of hydrogen-bond donors (Lipinski definition) is 0. The van der Waals surface area contributed by atoms with Crippen molar-refractivity contribution in [2.75, 3.05) is 7.11 Å². The largest absolute Gasteiger partial charge is 0.496 e. The first-order valence-corrected chi connectivity index (χ1v) is 7.90. The molecule has 1 aromatic rings. The summed E-state index contributed by atoms with van der Waals surface area (Å²) in [6, 6.07) is 6.24. The third-order valence-corrected chi connectivity index (χ3v) is 5.29. The molecule has 1 aliphatic carbocycles. The quantitative estimate of drug-likeness (QED) is 0.648.